The van der Waals surface area contributed by atoms with Crippen molar-refractivity contribution in [2.75, 3.05) is 32.7 Å². The fourth-order valence-electron chi connectivity index (χ4n) is 2.34. The van der Waals surface area contributed by atoms with Crippen molar-refractivity contribution in [2.45, 2.75) is 40.7 Å². The third-order valence-electron chi connectivity index (χ3n) is 3.75. The fourth-order valence-corrected chi connectivity index (χ4v) is 2.34. The van der Waals surface area contributed by atoms with Gasteiger partial charge in [-0.3, -0.25) is 9.88 Å². The Bertz CT molecular complexity index is 391. The SMILES string of the molecule is CCN(CC)CCCN(CC)Cc1nc(C)ccc1O. The molecule has 20 heavy (non-hydrogen) atoms. The maximum atomic E-state index is 9.87. The molecule has 0 aliphatic heterocycles. The van der Waals surface area contributed by atoms with E-state index in [2.05, 4.69) is 35.6 Å². The second-order valence-corrected chi connectivity index (χ2v) is 5.17. The Morgan fingerprint density at radius 2 is 1.60 bits per heavy atom. The minimum Gasteiger partial charge on any atom is -0.506 e. The van der Waals surface area contributed by atoms with Crippen molar-refractivity contribution in [1.82, 2.24) is 14.8 Å². The van der Waals surface area contributed by atoms with Gasteiger partial charge in [0.1, 0.15) is 5.75 Å². The van der Waals surface area contributed by atoms with Crippen LogP contribution in [0.1, 0.15) is 38.6 Å². The lowest BCUT2D eigenvalue weighted by atomic mass is 10.2. The smallest absolute Gasteiger partial charge is 0.138 e. The molecule has 0 amide bonds. The highest BCUT2D eigenvalue weighted by atomic mass is 16.3. The Kier molecular flexibility index (Phi) is 7.55. The Hall–Kier alpha value is -1.13. The van der Waals surface area contributed by atoms with Crippen molar-refractivity contribution in [2.24, 2.45) is 0 Å². The van der Waals surface area contributed by atoms with Gasteiger partial charge in [0.25, 0.3) is 0 Å². The molecule has 0 radical (unpaired) electrons. The van der Waals surface area contributed by atoms with Gasteiger partial charge in [0, 0.05) is 12.2 Å². The van der Waals surface area contributed by atoms with Gasteiger partial charge in [-0.25, -0.2) is 0 Å². The molecule has 1 N–H and O–H groups in total. The summed E-state index contributed by atoms with van der Waals surface area (Å²) in [5.41, 5.74) is 1.74. The van der Waals surface area contributed by atoms with Crippen LogP contribution in [0.15, 0.2) is 12.1 Å². The summed E-state index contributed by atoms with van der Waals surface area (Å²) in [6, 6.07) is 3.58. The van der Waals surface area contributed by atoms with Gasteiger partial charge in [-0.2, -0.15) is 0 Å². The Balaban J connectivity index is 2.48. The number of rotatable bonds is 9. The standard InChI is InChI=1S/C16H29N3O/c1-5-18(6-2)11-8-12-19(7-3)13-15-16(20)10-9-14(4)17-15/h9-10,20H,5-8,11-13H2,1-4H3. The molecule has 0 spiro atoms. The van der Waals surface area contributed by atoms with Gasteiger partial charge in [-0.15, -0.1) is 0 Å². The van der Waals surface area contributed by atoms with E-state index in [9.17, 15) is 5.11 Å². The molecule has 1 rings (SSSR count). The second-order valence-electron chi connectivity index (χ2n) is 5.17. The van der Waals surface area contributed by atoms with E-state index in [0.29, 0.717) is 5.75 Å². The van der Waals surface area contributed by atoms with E-state index in [1.807, 2.05) is 13.0 Å². The van der Waals surface area contributed by atoms with Crippen LogP contribution in [0.25, 0.3) is 0 Å². The molecule has 4 nitrogen and oxygen atoms in total. The van der Waals surface area contributed by atoms with E-state index in [1.54, 1.807) is 6.07 Å². The maximum absolute atomic E-state index is 9.87. The number of pyridine rings is 1. The van der Waals surface area contributed by atoms with E-state index in [1.165, 1.54) is 0 Å². The molecule has 1 heterocycles. The van der Waals surface area contributed by atoms with Gasteiger partial charge in [-0.1, -0.05) is 20.8 Å². The summed E-state index contributed by atoms with van der Waals surface area (Å²) in [4.78, 5) is 9.21. The number of hydrogen-bond acceptors (Lipinski definition) is 4. The van der Waals surface area contributed by atoms with Gasteiger partial charge < -0.3 is 10.0 Å². The van der Waals surface area contributed by atoms with E-state index < -0.39 is 0 Å². The first kappa shape index (κ1) is 16.9. The summed E-state index contributed by atoms with van der Waals surface area (Å²) >= 11 is 0. The Morgan fingerprint density at radius 3 is 2.20 bits per heavy atom. The van der Waals surface area contributed by atoms with Crippen LogP contribution < -0.4 is 0 Å². The largest absolute Gasteiger partial charge is 0.506 e. The number of aryl methyl sites for hydroxylation is 1. The van der Waals surface area contributed by atoms with E-state index in [-0.39, 0.29) is 0 Å². The highest BCUT2D eigenvalue weighted by Gasteiger charge is 2.09. The molecular formula is C16H29N3O. The van der Waals surface area contributed by atoms with Crippen molar-refractivity contribution < 1.29 is 5.11 Å². The summed E-state index contributed by atoms with van der Waals surface area (Å²) < 4.78 is 0. The molecule has 4 heteroatoms. The maximum Gasteiger partial charge on any atom is 0.138 e. The molecule has 0 aliphatic rings. The molecule has 0 fully saturated rings. The first-order valence-corrected chi connectivity index (χ1v) is 7.70. The summed E-state index contributed by atoms with van der Waals surface area (Å²) in [6.07, 6.45) is 1.15. The van der Waals surface area contributed by atoms with Crippen LogP contribution in [-0.4, -0.2) is 52.6 Å². The molecule has 1 aromatic heterocycles. The number of aromatic nitrogens is 1. The van der Waals surface area contributed by atoms with E-state index in [0.717, 1.165) is 57.1 Å². The monoisotopic (exact) mass is 279 g/mol. The first-order chi connectivity index (χ1) is 9.60. The number of hydrogen-bond donors (Lipinski definition) is 1. The summed E-state index contributed by atoms with van der Waals surface area (Å²) in [7, 11) is 0. The van der Waals surface area contributed by atoms with Crippen LogP contribution in [0.3, 0.4) is 0 Å². The topological polar surface area (TPSA) is 39.6 Å². The molecular weight excluding hydrogens is 250 g/mol. The first-order valence-electron chi connectivity index (χ1n) is 7.70. The number of nitrogens with zero attached hydrogens (tertiary/aromatic N) is 3. The zero-order valence-corrected chi connectivity index (χ0v) is 13.4. The van der Waals surface area contributed by atoms with E-state index in [4.69, 9.17) is 0 Å². The third kappa shape index (κ3) is 5.47. The van der Waals surface area contributed by atoms with Crippen molar-refractivity contribution in [1.29, 1.82) is 0 Å². The lowest BCUT2D eigenvalue weighted by molar-refractivity contribution is 0.234. The zero-order valence-electron chi connectivity index (χ0n) is 13.4. The van der Waals surface area contributed by atoms with Crippen LogP contribution >= 0.6 is 0 Å². The quantitative estimate of drug-likeness (QED) is 0.754. The van der Waals surface area contributed by atoms with Crippen LogP contribution in [-0.2, 0) is 6.54 Å². The zero-order chi connectivity index (χ0) is 15.0. The molecule has 114 valence electrons. The highest BCUT2D eigenvalue weighted by Crippen LogP contribution is 2.16. The van der Waals surface area contributed by atoms with E-state index >= 15 is 0 Å². The minimum absolute atomic E-state index is 0.304. The molecule has 1 aromatic rings. The predicted octanol–water partition coefficient (Wildman–Crippen LogP) is 2.65. The minimum atomic E-state index is 0.304. The van der Waals surface area contributed by atoms with Crippen molar-refractivity contribution >= 4 is 0 Å². The Labute approximate surface area is 123 Å². The molecule has 0 bridgehead atoms. The van der Waals surface area contributed by atoms with Crippen LogP contribution in [0.5, 0.6) is 5.75 Å². The average molecular weight is 279 g/mol. The van der Waals surface area contributed by atoms with Gasteiger partial charge >= 0.3 is 0 Å². The average Bonchev–Trinajstić information content (AvgIpc) is 2.46. The highest BCUT2D eigenvalue weighted by molar-refractivity contribution is 5.27. The second kappa shape index (κ2) is 8.93. The van der Waals surface area contributed by atoms with Gasteiger partial charge in [0.05, 0.1) is 5.69 Å². The van der Waals surface area contributed by atoms with Gasteiger partial charge in [-0.05, 0) is 58.2 Å². The third-order valence-corrected chi connectivity index (χ3v) is 3.75. The van der Waals surface area contributed by atoms with Gasteiger partial charge in [0.15, 0.2) is 0 Å². The molecule has 0 saturated carbocycles. The molecule has 0 aliphatic carbocycles. The fraction of sp³-hybridized carbons (Fsp3) is 0.688. The normalized spacial score (nSPS) is 11.5. The molecule has 0 aromatic carbocycles. The lowest BCUT2D eigenvalue weighted by Gasteiger charge is -2.23. The van der Waals surface area contributed by atoms with Crippen LogP contribution in [0, 0.1) is 6.92 Å². The van der Waals surface area contributed by atoms with Gasteiger partial charge in [0.2, 0.25) is 0 Å². The van der Waals surface area contributed by atoms with Crippen molar-refractivity contribution in [3.8, 4) is 5.75 Å². The summed E-state index contributed by atoms with van der Waals surface area (Å²) in [5, 5.41) is 9.87. The number of aromatic hydroxyl groups is 1. The van der Waals surface area contributed by atoms with Crippen molar-refractivity contribution in [3.05, 3.63) is 23.5 Å². The molecule has 0 saturated heterocycles. The molecule has 0 atom stereocenters. The summed E-state index contributed by atoms with van der Waals surface area (Å²) in [5.74, 6) is 0.304. The predicted molar refractivity (Wildman–Crippen MR) is 84.0 cm³/mol. The lowest BCUT2D eigenvalue weighted by Crippen LogP contribution is -2.30. The van der Waals surface area contributed by atoms with Crippen molar-refractivity contribution in [3.63, 3.8) is 0 Å². The Morgan fingerprint density at radius 1 is 1.00 bits per heavy atom. The molecule has 0 unspecified atom stereocenters. The summed E-state index contributed by atoms with van der Waals surface area (Å²) in [6.45, 7) is 14.6. The van der Waals surface area contributed by atoms with Crippen LogP contribution in [0.2, 0.25) is 0 Å². The van der Waals surface area contributed by atoms with Crippen LogP contribution in [0.4, 0.5) is 0 Å².